The molecule has 138 valence electrons. The van der Waals surface area contributed by atoms with Gasteiger partial charge in [-0.1, -0.05) is 48.5 Å². The molecule has 0 bridgehead atoms. The van der Waals surface area contributed by atoms with Crippen molar-refractivity contribution in [2.45, 2.75) is 20.0 Å². The minimum atomic E-state index is -0.214. The Morgan fingerprint density at radius 2 is 1.93 bits per heavy atom. The first-order chi connectivity index (χ1) is 13.1. The van der Waals surface area contributed by atoms with E-state index >= 15 is 0 Å². The third-order valence-corrected chi connectivity index (χ3v) is 4.38. The predicted octanol–water partition coefficient (Wildman–Crippen LogP) is 3.32. The molecule has 2 aromatic carbocycles. The number of aryl methyl sites for hydroxylation is 1. The summed E-state index contributed by atoms with van der Waals surface area (Å²) < 4.78 is 1.71. The summed E-state index contributed by atoms with van der Waals surface area (Å²) in [6, 6.07) is 16.4. The first kappa shape index (κ1) is 18.6. The fourth-order valence-electron chi connectivity index (χ4n) is 2.88. The zero-order valence-electron chi connectivity index (χ0n) is 15.4. The third kappa shape index (κ3) is 4.51. The van der Waals surface area contributed by atoms with E-state index in [0.29, 0.717) is 13.1 Å². The Bertz CT molecular complexity index is 942. The lowest BCUT2D eigenvalue weighted by molar-refractivity contribution is -0.116. The van der Waals surface area contributed by atoms with Gasteiger partial charge >= 0.3 is 0 Å². The van der Waals surface area contributed by atoms with Crippen molar-refractivity contribution >= 4 is 5.91 Å². The van der Waals surface area contributed by atoms with E-state index in [0.717, 1.165) is 27.9 Å². The molecule has 5 nitrogen and oxygen atoms in total. The lowest BCUT2D eigenvalue weighted by atomic mass is 9.97. The number of nitrogens with one attached hydrogen (secondary N) is 1. The van der Waals surface area contributed by atoms with Crippen LogP contribution in [0.15, 0.2) is 67.4 Å². The van der Waals surface area contributed by atoms with Crippen molar-refractivity contribution in [1.29, 1.82) is 0 Å². The van der Waals surface area contributed by atoms with Crippen molar-refractivity contribution in [2.75, 3.05) is 6.61 Å². The fourth-order valence-corrected chi connectivity index (χ4v) is 2.88. The zero-order chi connectivity index (χ0) is 19.2. The van der Waals surface area contributed by atoms with E-state index in [1.165, 1.54) is 11.6 Å². The Hall–Kier alpha value is -3.18. The van der Waals surface area contributed by atoms with Crippen molar-refractivity contribution in [3.05, 3.63) is 78.5 Å². The highest BCUT2D eigenvalue weighted by atomic mass is 16.3. The first-order valence-electron chi connectivity index (χ1n) is 8.85. The molecule has 2 N–H and O–H groups in total. The molecule has 0 aliphatic rings. The molecular formula is C22H23N3O2. The number of aliphatic hydroxyl groups is 1. The van der Waals surface area contributed by atoms with Crippen LogP contribution in [0, 0.1) is 6.92 Å². The van der Waals surface area contributed by atoms with Crippen molar-refractivity contribution in [3.63, 3.8) is 0 Å². The van der Waals surface area contributed by atoms with Crippen molar-refractivity contribution in [2.24, 2.45) is 0 Å². The first-order valence-corrected chi connectivity index (χ1v) is 8.85. The van der Waals surface area contributed by atoms with E-state index in [1.54, 1.807) is 4.68 Å². The second-order valence-corrected chi connectivity index (χ2v) is 6.35. The number of carbonyl (C=O) groups is 1. The molecule has 5 heteroatoms. The van der Waals surface area contributed by atoms with Crippen molar-refractivity contribution in [1.82, 2.24) is 15.1 Å². The summed E-state index contributed by atoms with van der Waals surface area (Å²) in [5.74, 6) is -0.214. The topological polar surface area (TPSA) is 67.2 Å². The summed E-state index contributed by atoms with van der Waals surface area (Å²) >= 11 is 0. The summed E-state index contributed by atoms with van der Waals surface area (Å²) in [5.41, 5.74) is 6.15. The summed E-state index contributed by atoms with van der Waals surface area (Å²) in [6.07, 6.45) is 3.10. The monoisotopic (exact) mass is 361 g/mol. The zero-order valence-corrected chi connectivity index (χ0v) is 15.4. The Kier molecular flexibility index (Phi) is 5.84. The van der Waals surface area contributed by atoms with Gasteiger partial charge in [-0.3, -0.25) is 9.48 Å². The summed E-state index contributed by atoms with van der Waals surface area (Å²) in [7, 11) is 0. The Balaban J connectivity index is 2.00. The van der Waals surface area contributed by atoms with Crippen LogP contribution >= 0.6 is 0 Å². The van der Waals surface area contributed by atoms with E-state index in [1.807, 2.05) is 24.4 Å². The molecule has 0 fully saturated rings. The Labute approximate surface area is 159 Å². The molecule has 3 aromatic rings. The highest BCUT2D eigenvalue weighted by molar-refractivity contribution is 5.87. The lowest BCUT2D eigenvalue weighted by Gasteiger charge is -2.12. The van der Waals surface area contributed by atoms with Crippen LogP contribution in [0.3, 0.4) is 0 Å². The second-order valence-electron chi connectivity index (χ2n) is 6.35. The van der Waals surface area contributed by atoms with E-state index in [2.05, 4.69) is 54.2 Å². The maximum absolute atomic E-state index is 11.6. The van der Waals surface area contributed by atoms with Crippen LogP contribution < -0.4 is 5.32 Å². The number of amides is 1. The van der Waals surface area contributed by atoms with E-state index in [9.17, 15) is 4.79 Å². The standard InChI is InChI=1S/C22H23N3O2/c1-3-22(27)23-15-19-9-8-18(17-6-4-16(2)5-7-17)14-20(19)21-10-11-25(24-21)12-13-26/h3-11,14,26H,1,12-13,15H2,2H3,(H,23,27). The lowest BCUT2D eigenvalue weighted by Crippen LogP contribution is -2.20. The molecule has 0 saturated carbocycles. The largest absolute Gasteiger partial charge is 0.394 e. The number of nitrogens with zero attached hydrogens (tertiary/aromatic N) is 2. The Morgan fingerprint density at radius 1 is 1.19 bits per heavy atom. The fraction of sp³-hybridized carbons (Fsp3) is 0.182. The molecule has 0 aliphatic heterocycles. The maximum Gasteiger partial charge on any atom is 0.243 e. The van der Waals surface area contributed by atoms with E-state index < -0.39 is 0 Å². The Morgan fingerprint density at radius 3 is 2.63 bits per heavy atom. The average Bonchev–Trinajstić information content (AvgIpc) is 3.15. The van der Waals surface area contributed by atoms with Gasteiger partial charge in [0.1, 0.15) is 0 Å². The van der Waals surface area contributed by atoms with E-state index in [4.69, 9.17) is 5.11 Å². The average molecular weight is 361 g/mol. The number of hydrogen-bond donors (Lipinski definition) is 2. The van der Waals surface area contributed by atoms with Gasteiger partial charge < -0.3 is 10.4 Å². The van der Waals surface area contributed by atoms with Crippen molar-refractivity contribution in [3.8, 4) is 22.4 Å². The van der Waals surface area contributed by atoms with Crippen LogP contribution in [0.25, 0.3) is 22.4 Å². The third-order valence-electron chi connectivity index (χ3n) is 4.38. The summed E-state index contributed by atoms with van der Waals surface area (Å²) in [6.45, 7) is 6.42. The number of aromatic nitrogens is 2. The highest BCUT2D eigenvalue weighted by Crippen LogP contribution is 2.29. The van der Waals surface area contributed by atoms with E-state index in [-0.39, 0.29) is 12.5 Å². The molecule has 0 unspecified atom stereocenters. The molecule has 3 rings (SSSR count). The van der Waals surface area contributed by atoms with Gasteiger partial charge in [0.05, 0.1) is 18.8 Å². The van der Waals surface area contributed by atoms with Gasteiger partial charge in [0.25, 0.3) is 0 Å². The molecule has 0 spiro atoms. The summed E-state index contributed by atoms with van der Waals surface area (Å²) in [4.78, 5) is 11.6. The second kappa shape index (κ2) is 8.47. The van der Waals surface area contributed by atoms with Crippen molar-refractivity contribution < 1.29 is 9.90 Å². The van der Waals surface area contributed by atoms with Crippen LogP contribution in [-0.4, -0.2) is 27.4 Å². The predicted molar refractivity (Wildman–Crippen MR) is 107 cm³/mol. The molecule has 1 aromatic heterocycles. The van der Waals surface area contributed by atoms with Gasteiger partial charge in [-0.25, -0.2) is 0 Å². The van der Waals surface area contributed by atoms with Gasteiger partial charge in [0.15, 0.2) is 0 Å². The van der Waals surface area contributed by atoms with Gasteiger partial charge in [0, 0.05) is 18.3 Å². The molecule has 0 atom stereocenters. The van der Waals surface area contributed by atoms with Gasteiger partial charge in [-0.05, 0) is 41.8 Å². The van der Waals surface area contributed by atoms with Crippen LogP contribution in [0.2, 0.25) is 0 Å². The molecule has 0 saturated heterocycles. The molecule has 0 aliphatic carbocycles. The number of aliphatic hydroxyl groups excluding tert-OH is 1. The molecule has 1 heterocycles. The number of carbonyl (C=O) groups excluding carboxylic acids is 1. The summed E-state index contributed by atoms with van der Waals surface area (Å²) in [5, 5.41) is 16.5. The number of hydrogen-bond acceptors (Lipinski definition) is 3. The molecule has 27 heavy (non-hydrogen) atoms. The normalized spacial score (nSPS) is 10.6. The van der Waals surface area contributed by atoms with Gasteiger partial charge in [-0.2, -0.15) is 5.10 Å². The molecule has 1 amide bonds. The molecular weight excluding hydrogens is 338 g/mol. The number of rotatable bonds is 7. The van der Waals surface area contributed by atoms with Crippen LogP contribution in [-0.2, 0) is 17.9 Å². The highest BCUT2D eigenvalue weighted by Gasteiger charge is 2.11. The number of benzene rings is 2. The minimum absolute atomic E-state index is 0.0345. The minimum Gasteiger partial charge on any atom is -0.394 e. The van der Waals surface area contributed by atoms with Gasteiger partial charge in [0.2, 0.25) is 5.91 Å². The van der Waals surface area contributed by atoms with Crippen LogP contribution in [0.4, 0.5) is 0 Å². The van der Waals surface area contributed by atoms with Crippen LogP contribution in [0.5, 0.6) is 0 Å². The quantitative estimate of drug-likeness (QED) is 0.635. The smallest absolute Gasteiger partial charge is 0.243 e. The van der Waals surface area contributed by atoms with Crippen LogP contribution in [0.1, 0.15) is 11.1 Å². The SMILES string of the molecule is C=CC(=O)NCc1ccc(-c2ccc(C)cc2)cc1-c1ccn(CCO)n1. The maximum atomic E-state index is 11.6. The molecule has 0 radical (unpaired) electrons. The van der Waals surface area contributed by atoms with Gasteiger partial charge in [-0.15, -0.1) is 0 Å².